The van der Waals surface area contributed by atoms with Crippen LogP contribution in [0.1, 0.15) is 46.3 Å². The van der Waals surface area contributed by atoms with Crippen molar-refractivity contribution in [2.45, 2.75) is 38.6 Å². The number of hydrogen-bond donors (Lipinski definition) is 0. The number of nitrogens with zero attached hydrogens (tertiary/aromatic N) is 5. The molecule has 0 radical (unpaired) electrons. The van der Waals surface area contributed by atoms with Gasteiger partial charge in [-0.05, 0) is 38.8 Å². The first kappa shape index (κ1) is 15.1. The highest BCUT2D eigenvalue weighted by molar-refractivity contribution is 5.96. The smallest absolute Gasteiger partial charge is 0.259 e. The molecule has 2 aromatic heterocycles. The SMILES string of the molecule is Cc1noc(C)c1C(=O)N(C)C1CN(c2ccc(C3CC3)nn2)C1. The van der Waals surface area contributed by atoms with Crippen LogP contribution in [0.3, 0.4) is 0 Å². The first-order valence-corrected chi connectivity index (χ1v) is 8.33. The van der Waals surface area contributed by atoms with Crippen molar-refractivity contribution in [2.24, 2.45) is 0 Å². The lowest BCUT2D eigenvalue weighted by atomic mass is 10.1. The number of carbonyl (C=O) groups is 1. The number of likely N-dealkylation sites (N-methyl/N-ethyl adjacent to an activating group) is 1. The molecule has 0 bridgehead atoms. The van der Waals surface area contributed by atoms with E-state index in [0.717, 1.165) is 24.6 Å². The summed E-state index contributed by atoms with van der Waals surface area (Å²) in [6.07, 6.45) is 2.46. The standard InChI is InChI=1S/C17H21N5O2/c1-10-16(11(2)24-20-10)17(23)21(3)13-8-22(9-13)15-7-6-14(18-19-15)12-4-5-12/h6-7,12-13H,4-5,8-9H2,1-3H3. The minimum atomic E-state index is -0.0361. The summed E-state index contributed by atoms with van der Waals surface area (Å²) < 4.78 is 5.10. The van der Waals surface area contributed by atoms with Crippen molar-refractivity contribution in [3.8, 4) is 0 Å². The van der Waals surface area contributed by atoms with Crippen LogP contribution < -0.4 is 4.90 Å². The zero-order chi connectivity index (χ0) is 16.8. The second-order valence-corrected chi connectivity index (χ2v) is 6.76. The van der Waals surface area contributed by atoms with E-state index in [2.05, 4.69) is 26.3 Å². The zero-order valence-corrected chi connectivity index (χ0v) is 14.2. The molecule has 2 aliphatic rings. The van der Waals surface area contributed by atoms with E-state index in [4.69, 9.17) is 4.52 Å². The Hall–Kier alpha value is -2.44. The van der Waals surface area contributed by atoms with Crippen LogP contribution in [0, 0.1) is 13.8 Å². The lowest BCUT2D eigenvalue weighted by Crippen LogP contribution is -2.60. The largest absolute Gasteiger partial charge is 0.361 e. The Bertz CT molecular complexity index is 740. The lowest BCUT2D eigenvalue weighted by Gasteiger charge is -2.44. The molecule has 1 saturated heterocycles. The summed E-state index contributed by atoms with van der Waals surface area (Å²) in [4.78, 5) is 16.5. The van der Waals surface area contributed by atoms with E-state index in [1.165, 1.54) is 12.8 Å². The molecule has 7 heteroatoms. The summed E-state index contributed by atoms with van der Waals surface area (Å²) >= 11 is 0. The molecule has 0 atom stereocenters. The van der Waals surface area contributed by atoms with Crippen LogP contribution >= 0.6 is 0 Å². The van der Waals surface area contributed by atoms with Crippen molar-refractivity contribution in [3.05, 3.63) is 34.8 Å². The minimum Gasteiger partial charge on any atom is -0.361 e. The number of rotatable bonds is 4. The van der Waals surface area contributed by atoms with Gasteiger partial charge in [0.2, 0.25) is 0 Å². The summed E-state index contributed by atoms with van der Waals surface area (Å²) in [5.41, 5.74) is 2.31. The molecule has 1 aliphatic carbocycles. The molecule has 0 N–H and O–H groups in total. The molecule has 1 aliphatic heterocycles. The molecule has 0 spiro atoms. The monoisotopic (exact) mass is 327 g/mol. The zero-order valence-electron chi connectivity index (χ0n) is 14.2. The van der Waals surface area contributed by atoms with Crippen molar-refractivity contribution >= 4 is 11.7 Å². The van der Waals surface area contributed by atoms with Crippen molar-refractivity contribution in [2.75, 3.05) is 25.0 Å². The molecule has 3 heterocycles. The van der Waals surface area contributed by atoms with Crippen LogP contribution in [0.25, 0.3) is 0 Å². The van der Waals surface area contributed by atoms with Crippen LogP contribution in [0.15, 0.2) is 16.7 Å². The molecular formula is C17H21N5O2. The Morgan fingerprint density at radius 1 is 1.25 bits per heavy atom. The maximum absolute atomic E-state index is 12.6. The van der Waals surface area contributed by atoms with Gasteiger partial charge in [-0.1, -0.05) is 5.16 Å². The van der Waals surface area contributed by atoms with Crippen LogP contribution in [0.4, 0.5) is 5.82 Å². The van der Waals surface area contributed by atoms with Crippen molar-refractivity contribution in [1.29, 1.82) is 0 Å². The molecule has 2 aromatic rings. The van der Waals surface area contributed by atoms with E-state index in [9.17, 15) is 4.79 Å². The van der Waals surface area contributed by atoms with Crippen LogP contribution in [-0.4, -0.2) is 52.3 Å². The Balaban J connectivity index is 1.38. The van der Waals surface area contributed by atoms with E-state index >= 15 is 0 Å². The number of anilines is 1. The van der Waals surface area contributed by atoms with E-state index in [-0.39, 0.29) is 11.9 Å². The second-order valence-electron chi connectivity index (χ2n) is 6.76. The highest BCUT2D eigenvalue weighted by atomic mass is 16.5. The van der Waals surface area contributed by atoms with Gasteiger partial charge in [0.05, 0.1) is 17.4 Å². The fourth-order valence-electron chi connectivity index (χ4n) is 3.12. The minimum absolute atomic E-state index is 0.0361. The predicted octanol–water partition coefficient (Wildman–Crippen LogP) is 1.92. The highest BCUT2D eigenvalue weighted by Crippen LogP contribution is 2.38. The average Bonchev–Trinajstić information content (AvgIpc) is 3.32. The lowest BCUT2D eigenvalue weighted by molar-refractivity contribution is 0.0702. The van der Waals surface area contributed by atoms with Gasteiger partial charge in [0, 0.05) is 26.1 Å². The maximum atomic E-state index is 12.6. The van der Waals surface area contributed by atoms with E-state index < -0.39 is 0 Å². The molecule has 2 fully saturated rings. The third-order valence-corrected chi connectivity index (χ3v) is 4.97. The molecule has 1 saturated carbocycles. The summed E-state index contributed by atoms with van der Waals surface area (Å²) in [5.74, 6) is 2.04. The van der Waals surface area contributed by atoms with Crippen LogP contribution in [-0.2, 0) is 0 Å². The summed E-state index contributed by atoms with van der Waals surface area (Å²) in [6.45, 7) is 5.10. The molecule has 4 rings (SSSR count). The first-order chi connectivity index (χ1) is 11.5. The van der Waals surface area contributed by atoms with E-state index in [1.54, 1.807) is 18.7 Å². The normalized spacial score (nSPS) is 17.7. The Morgan fingerprint density at radius 3 is 2.54 bits per heavy atom. The van der Waals surface area contributed by atoms with Gasteiger partial charge in [0.1, 0.15) is 11.3 Å². The number of aryl methyl sites for hydroxylation is 2. The number of aromatic nitrogens is 3. The van der Waals surface area contributed by atoms with E-state index in [0.29, 0.717) is 22.9 Å². The Labute approximate surface area is 140 Å². The average molecular weight is 327 g/mol. The van der Waals surface area contributed by atoms with Gasteiger partial charge in [0.15, 0.2) is 5.82 Å². The molecule has 0 unspecified atom stereocenters. The van der Waals surface area contributed by atoms with Crippen molar-refractivity contribution in [1.82, 2.24) is 20.3 Å². The summed E-state index contributed by atoms with van der Waals surface area (Å²) in [6, 6.07) is 4.27. The molecule has 126 valence electrons. The van der Waals surface area contributed by atoms with Gasteiger partial charge in [0.25, 0.3) is 5.91 Å². The Kier molecular flexibility index (Phi) is 3.51. The van der Waals surface area contributed by atoms with Gasteiger partial charge < -0.3 is 14.3 Å². The fraction of sp³-hybridized carbons (Fsp3) is 0.529. The maximum Gasteiger partial charge on any atom is 0.259 e. The Morgan fingerprint density at radius 2 is 2.00 bits per heavy atom. The third-order valence-electron chi connectivity index (χ3n) is 4.97. The molecule has 1 amide bonds. The molecular weight excluding hydrogens is 306 g/mol. The van der Waals surface area contributed by atoms with Gasteiger partial charge in [-0.2, -0.15) is 5.10 Å². The third kappa shape index (κ3) is 2.53. The molecule has 7 nitrogen and oxygen atoms in total. The van der Waals surface area contributed by atoms with Gasteiger partial charge in [-0.3, -0.25) is 4.79 Å². The van der Waals surface area contributed by atoms with Gasteiger partial charge in [-0.15, -0.1) is 5.10 Å². The number of amides is 1. The first-order valence-electron chi connectivity index (χ1n) is 8.33. The predicted molar refractivity (Wildman–Crippen MR) is 88.1 cm³/mol. The summed E-state index contributed by atoms with van der Waals surface area (Å²) in [5, 5.41) is 12.5. The highest BCUT2D eigenvalue weighted by Gasteiger charge is 2.35. The summed E-state index contributed by atoms with van der Waals surface area (Å²) in [7, 11) is 1.83. The van der Waals surface area contributed by atoms with Crippen LogP contribution in [0.2, 0.25) is 0 Å². The second kappa shape index (κ2) is 5.58. The topological polar surface area (TPSA) is 75.4 Å². The van der Waals surface area contributed by atoms with Crippen molar-refractivity contribution in [3.63, 3.8) is 0 Å². The van der Waals surface area contributed by atoms with E-state index in [1.807, 2.05) is 13.1 Å². The molecule has 0 aromatic carbocycles. The number of hydrogen-bond acceptors (Lipinski definition) is 6. The van der Waals surface area contributed by atoms with Crippen molar-refractivity contribution < 1.29 is 9.32 Å². The number of carbonyl (C=O) groups excluding carboxylic acids is 1. The molecule has 24 heavy (non-hydrogen) atoms. The van der Waals surface area contributed by atoms with Gasteiger partial charge >= 0.3 is 0 Å². The quantitative estimate of drug-likeness (QED) is 0.854. The fourth-order valence-corrected chi connectivity index (χ4v) is 3.12. The van der Waals surface area contributed by atoms with Crippen LogP contribution in [0.5, 0.6) is 0 Å². The van der Waals surface area contributed by atoms with Gasteiger partial charge in [-0.25, -0.2) is 0 Å².